The highest BCUT2D eigenvalue weighted by atomic mass is 32.2. The first kappa shape index (κ1) is 16.6. The summed E-state index contributed by atoms with van der Waals surface area (Å²) in [5.41, 5.74) is 0.856. The van der Waals surface area contributed by atoms with Crippen LogP contribution in [-0.2, 0) is 15.8 Å². The summed E-state index contributed by atoms with van der Waals surface area (Å²) < 4.78 is 39.7. The minimum Gasteiger partial charge on any atom is -0.388 e. The van der Waals surface area contributed by atoms with Gasteiger partial charge >= 0.3 is 0 Å². The molecule has 118 valence electrons. The van der Waals surface area contributed by atoms with E-state index in [0.29, 0.717) is 0 Å². The maximum Gasteiger partial charge on any atom is 0.215 e. The van der Waals surface area contributed by atoms with E-state index in [1.165, 1.54) is 18.2 Å². The summed E-state index contributed by atoms with van der Waals surface area (Å²) in [5, 5.41) is 9.96. The number of sulfonamides is 1. The number of nitrogens with one attached hydrogen (secondary N) is 1. The Balaban J connectivity index is 1.87. The molecule has 0 saturated carbocycles. The first-order valence-electron chi connectivity index (χ1n) is 6.92. The molecule has 0 aliphatic carbocycles. The van der Waals surface area contributed by atoms with E-state index in [2.05, 4.69) is 4.72 Å². The molecule has 0 aliphatic heterocycles. The van der Waals surface area contributed by atoms with Crippen molar-refractivity contribution in [3.63, 3.8) is 0 Å². The second-order valence-electron chi connectivity index (χ2n) is 4.96. The van der Waals surface area contributed by atoms with Gasteiger partial charge in [-0.25, -0.2) is 17.5 Å². The Morgan fingerprint density at radius 1 is 1.05 bits per heavy atom. The maximum absolute atomic E-state index is 13.5. The van der Waals surface area contributed by atoms with Crippen LogP contribution < -0.4 is 4.72 Å². The molecule has 0 amide bonds. The van der Waals surface area contributed by atoms with Crippen molar-refractivity contribution in [2.75, 3.05) is 6.54 Å². The maximum atomic E-state index is 13.5. The van der Waals surface area contributed by atoms with Crippen molar-refractivity contribution in [3.05, 3.63) is 71.5 Å². The lowest BCUT2D eigenvalue weighted by molar-refractivity contribution is 0.169. The summed E-state index contributed by atoms with van der Waals surface area (Å²) in [6, 6.07) is 14.8. The first-order valence-corrected chi connectivity index (χ1v) is 8.57. The van der Waals surface area contributed by atoms with E-state index < -0.39 is 27.7 Å². The highest BCUT2D eigenvalue weighted by Crippen LogP contribution is 2.15. The van der Waals surface area contributed by atoms with Gasteiger partial charge in [-0.15, -0.1) is 0 Å². The number of aliphatic hydroxyl groups is 1. The normalized spacial score (nSPS) is 13.0. The molecule has 22 heavy (non-hydrogen) atoms. The van der Waals surface area contributed by atoms with Crippen molar-refractivity contribution in [3.8, 4) is 0 Å². The Bertz CT molecular complexity index is 704. The van der Waals surface area contributed by atoms with Crippen LogP contribution in [0.1, 0.15) is 23.7 Å². The van der Waals surface area contributed by atoms with Crippen LogP contribution in [0.5, 0.6) is 0 Å². The molecule has 0 unspecified atom stereocenters. The van der Waals surface area contributed by atoms with Gasteiger partial charge in [0.2, 0.25) is 10.0 Å². The topological polar surface area (TPSA) is 66.4 Å². The summed E-state index contributed by atoms with van der Waals surface area (Å²) in [6.45, 7) is 0.0901. The van der Waals surface area contributed by atoms with Gasteiger partial charge in [0.05, 0.1) is 11.9 Å². The van der Waals surface area contributed by atoms with Crippen molar-refractivity contribution in [2.45, 2.75) is 18.3 Å². The molecule has 0 heterocycles. The fraction of sp³-hybridized carbons (Fsp3) is 0.250. The third-order valence-electron chi connectivity index (χ3n) is 3.23. The molecular formula is C16H18FNO3S. The predicted molar refractivity (Wildman–Crippen MR) is 83.0 cm³/mol. The monoisotopic (exact) mass is 323 g/mol. The minimum atomic E-state index is -3.64. The number of hydrogen-bond acceptors (Lipinski definition) is 3. The van der Waals surface area contributed by atoms with Crippen molar-refractivity contribution in [1.29, 1.82) is 0 Å². The molecule has 0 saturated heterocycles. The van der Waals surface area contributed by atoms with Crippen LogP contribution in [0, 0.1) is 5.82 Å². The zero-order valence-corrected chi connectivity index (χ0v) is 12.8. The quantitative estimate of drug-likeness (QED) is 0.822. The molecule has 0 fully saturated rings. The molecule has 0 bridgehead atoms. The second kappa shape index (κ2) is 7.49. The van der Waals surface area contributed by atoms with Crippen LogP contribution in [-0.4, -0.2) is 20.1 Å². The molecule has 0 aliphatic rings. The van der Waals surface area contributed by atoms with Gasteiger partial charge in [-0.05, 0) is 18.1 Å². The molecule has 1 atom stereocenters. The molecule has 2 N–H and O–H groups in total. The van der Waals surface area contributed by atoms with E-state index in [1.807, 2.05) is 6.07 Å². The molecule has 4 nitrogen and oxygen atoms in total. The van der Waals surface area contributed by atoms with Crippen molar-refractivity contribution < 1.29 is 17.9 Å². The number of aliphatic hydroxyl groups excluding tert-OH is 1. The second-order valence-corrected chi connectivity index (χ2v) is 6.77. The van der Waals surface area contributed by atoms with Gasteiger partial charge < -0.3 is 5.11 Å². The molecule has 2 aromatic rings. The van der Waals surface area contributed by atoms with Crippen LogP contribution >= 0.6 is 0 Å². The van der Waals surface area contributed by atoms with E-state index in [-0.39, 0.29) is 18.5 Å². The predicted octanol–water partition coefficient (Wildman–Crippen LogP) is 2.37. The lowest BCUT2D eigenvalue weighted by Crippen LogP contribution is -2.27. The zero-order valence-electron chi connectivity index (χ0n) is 11.9. The summed E-state index contributed by atoms with van der Waals surface area (Å²) >= 11 is 0. The molecule has 2 rings (SSSR count). The standard InChI is InChI=1S/C16H18FNO3S/c17-15-9-5-4-8-14(15)12-22(20,21)18-11-10-16(19)13-6-2-1-3-7-13/h1-9,16,18-19H,10-12H2/t16-/m0/s1. The van der Waals surface area contributed by atoms with Crippen LogP contribution in [0.3, 0.4) is 0 Å². The third-order valence-corrected chi connectivity index (χ3v) is 4.56. The number of benzene rings is 2. The van der Waals surface area contributed by atoms with E-state index >= 15 is 0 Å². The van der Waals surface area contributed by atoms with E-state index in [4.69, 9.17) is 0 Å². The number of rotatable bonds is 7. The average molecular weight is 323 g/mol. The van der Waals surface area contributed by atoms with Gasteiger partial charge in [0, 0.05) is 12.1 Å². The molecule has 6 heteroatoms. The van der Waals surface area contributed by atoms with Crippen molar-refractivity contribution >= 4 is 10.0 Å². The van der Waals surface area contributed by atoms with Crippen molar-refractivity contribution in [1.82, 2.24) is 4.72 Å². The lowest BCUT2D eigenvalue weighted by atomic mass is 10.1. The third kappa shape index (κ3) is 4.91. The zero-order chi connectivity index (χ0) is 16.0. The Kier molecular flexibility index (Phi) is 5.65. The number of hydrogen-bond donors (Lipinski definition) is 2. The molecule has 0 radical (unpaired) electrons. The molecule has 0 aromatic heterocycles. The van der Waals surface area contributed by atoms with Gasteiger partial charge in [0.1, 0.15) is 5.82 Å². The van der Waals surface area contributed by atoms with Gasteiger partial charge in [0.25, 0.3) is 0 Å². The summed E-state index contributed by atoms with van der Waals surface area (Å²) in [5.74, 6) is -0.960. The van der Waals surface area contributed by atoms with E-state index in [1.54, 1.807) is 30.3 Å². The van der Waals surface area contributed by atoms with Crippen LogP contribution in [0.25, 0.3) is 0 Å². The van der Waals surface area contributed by atoms with Crippen LogP contribution in [0.2, 0.25) is 0 Å². The fourth-order valence-electron chi connectivity index (χ4n) is 2.06. The minimum absolute atomic E-state index is 0.0901. The summed E-state index contributed by atoms with van der Waals surface area (Å²) in [7, 11) is -3.64. The summed E-state index contributed by atoms with van der Waals surface area (Å²) in [6.07, 6.45) is -0.488. The molecule has 2 aromatic carbocycles. The fourth-order valence-corrected chi connectivity index (χ4v) is 3.24. The Morgan fingerprint density at radius 2 is 1.68 bits per heavy atom. The Labute approximate surface area is 129 Å². The lowest BCUT2D eigenvalue weighted by Gasteiger charge is -2.12. The van der Waals surface area contributed by atoms with E-state index in [0.717, 1.165) is 5.56 Å². The highest BCUT2D eigenvalue weighted by molar-refractivity contribution is 7.88. The van der Waals surface area contributed by atoms with Gasteiger partial charge in [0.15, 0.2) is 0 Å². The highest BCUT2D eigenvalue weighted by Gasteiger charge is 2.15. The van der Waals surface area contributed by atoms with Crippen LogP contribution in [0.15, 0.2) is 54.6 Å². The van der Waals surface area contributed by atoms with Crippen molar-refractivity contribution in [2.24, 2.45) is 0 Å². The number of halogens is 1. The smallest absolute Gasteiger partial charge is 0.215 e. The molecule has 0 spiro atoms. The molecular weight excluding hydrogens is 305 g/mol. The Morgan fingerprint density at radius 3 is 2.36 bits per heavy atom. The van der Waals surface area contributed by atoms with Gasteiger partial charge in [-0.1, -0.05) is 48.5 Å². The van der Waals surface area contributed by atoms with Gasteiger partial charge in [-0.3, -0.25) is 0 Å². The van der Waals surface area contributed by atoms with Crippen LogP contribution in [0.4, 0.5) is 4.39 Å². The van der Waals surface area contributed by atoms with Gasteiger partial charge in [-0.2, -0.15) is 0 Å². The Hall–Kier alpha value is -1.76. The average Bonchev–Trinajstić information content (AvgIpc) is 2.50. The largest absolute Gasteiger partial charge is 0.388 e. The first-order chi connectivity index (χ1) is 10.5. The van der Waals surface area contributed by atoms with E-state index in [9.17, 15) is 17.9 Å². The summed E-state index contributed by atoms with van der Waals surface area (Å²) in [4.78, 5) is 0. The SMILES string of the molecule is O=S(=O)(Cc1ccccc1F)NCC[C@H](O)c1ccccc1.